The van der Waals surface area contributed by atoms with Crippen molar-refractivity contribution in [3.8, 4) is 6.07 Å². The highest BCUT2D eigenvalue weighted by Gasteiger charge is 2.24. The smallest absolute Gasteiger partial charge is 0.339 e. The summed E-state index contributed by atoms with van der Waals surface area (Å²) < 4.78 is 4.73. The van der Waals surface area contributed by atoms with E-state index in [4.69, 9.17) is 4.74 Å². The third-order valence-corrected chi connectivity index (χ3v) is 3.77. The molecule has 0 amide bonds. The van der Waals surface area contributed by atoms with Crippen LogP contribution >= 0.6 is 0 Å². The van der Waals surface area contributed by atoms with E-state index in [1.165, 1.54) is 13.2 Å². The first-order valence-electron chi connectivity index (χ1n) is 7.65. The second-order valence-electron chi connectivity index (χ2n) is 5.41. The molecule has 0 bridgehead atoms. The number of esters is 1. The fraction of sp³-hybridized carbons (Fsp3) is 0.150. The largest absolute Gasteiger partial charge is 0.465 e. The van der Waals surface area contributed by atoms with Gasteiger partial charge in [0.05, 0.1) is 18.4 Å². The number of aryl methyl sites for hydroxylation is 1. The van der Waals surface area contributed by atoms with Crippen LogP contribution in [0.25, 0.3) is 6.08 Å². The number of rotatable bonds is 5. The third-order valence-electron chi connectivity index (χ3n) is 3.77. The number of hydrogen-bond acceptors (Lipinski definition) is 4. The van der Waals surface area contributed by atoms with Gasteiger partial charge in [0.15, 0.2) is 0 Å². The number of allylic oxidation sites excluding steroid dienone is 3. The van der Waals surface area contributed by atoms with E-state index in [9.17, 15) is 14.9 Å². The quantitative estimate of drug-likeness (QED) is 0.297. The number of ketones is 1. The number of methoxy groups -OCH3 is 1. The summed E-state index contributed by atoms with van der Waals surface area (Å²) in [5, 5.41) is 9.30. The average Bonchev–Trinajstić information content (AvgIpc) is 2.93. The number of carbonyl (C=O) groups excluding carboxylic acids is 2. The number of aromatic nitrogens is 1. The minimum absolute atomic E-state index is 0.0204. The van der Waals surface area contributed by atoms with Crippen LogP contribution < -0.4 is 0 Å². The molecule has 0 saturated heterocycles. The van der Waals surface area contributed by atoms with Crippen LogP contribution in [-0.2, 0) is 4.74 Å². The number of Topliss-reactive ketones (excluding diaryl/α,β-unsaturated/α-hetero) is 1. The number of aromatic amines is 1. The molecule has 1 N–H and O–H groups in total. The fourth-order valence-electron chi connectivity index (χ4n) is 2.50. The Kier molecular flexibility index (Phi) is 5.70. The summed E-state index contributed by atoms with van der Waals surface area (Å²) in [7, 11) is 1.28. The molecule has 5 heteroatoms. The Balaban J connectivity index is 2.32. The second kappa shape index (κ2) is 7.93. The van der Waals surface area contributed by atoms with E-state index in [0.29, 0.717) is 16.8 Å². The maximum Gasteiger partial charge on any atom is 0.339 e. The van der Waals surface area contributed by atoms with E-state index in [2.05, 4.69) is 4.98 Å². The van der Waals surface area contributed by atoms with Gasteiger partial charge >= 0.3 is 5.97 Å². The second-order valence-corrected chi connectivity index (χ2v) is 5.41. The maximum absolute atomic E-state index is 12.6. The zero-order chi connectivity index (χ0) is 18.4. The van der Waals surface area contributed by atoms with Crippen molar-refractivity contribution in [1.29, 1.82) is 5.26 Å². The van der Waals surface area contributed by atoms with Crippen molar-refractivity contribution in [3.63, 3.8) is 0 Å². The molecule has 0 aliphatic rings. The normalized spacial score (nSPS) is 11.4. The molecule has 1 aromatic carbocycles. The van der Waals surface area contributed by atoms with Crippen molar-refractivity contribution in [1.82, 2.24) is 4.98 Å². The summed E-state index contributed by atoms with van der Waals surface area (Å²) >= 11 is 0. The number of nitriles is 1. The molecular weight excluding hydrogens is 316 g/mol. The predicted molar refractivity (Wildman–Crippen MR) is 95.1 cm³/mol. The van der Waals surface area contributed by atoms with Gasteiger partial charge in [-0.05, 0) is 31.1 Å². The summed E-state index contributed by atoms with van der Waals surface area (Å²) in [6.07, 6.45) is 4.91. The number of nitrogens with one attached hydrogen (secondary N) is 1. The molecular formula is C20H18N2O3. The van der Waals surface area contributed by atoms with Crippen LogP contribution in [0.4, 0.5) is 0 Å². The van der Waals surface area contributed by atoms with E-state index < -0.39 is 11.8 Å². The lowest BCUT2D eigenvalue weighted by Gasteiger charge is -2.00. The summed E-state index contributed by atoms with van der Waals surface area (Å²) in [5.74, 6) is -0.979. The van der Waals surface area contributed by atoms with Crippen LogP contribution in [0.2, 0.25) is 0 Å². The molecule has 0 saturated carbocycles. The van der Waals surface area contributed by atoms with E-state index in [0.717, 1.165) is 5.56 Å². The number of nitrogens with zero attached hydrogens (tertiary/aromatic N) is 1. The SMILES string of the molecule is COC(=O)c1c(C)[nH]c(C(=O)/C(C#N)=C\C=C\c2ccccc2)c1C. The maximum atomic E-state index is 12.6. The summed E-state index contributed by atoms with van der Waals surface area (Å²) in [5.41, 5.74) is 2.49. The van der Waals surface area contributed by atoms with E-state index >= 15 is 0 Å². The van der Waals surface area contributed by atoms with Gasteiger partial charge in [-0.25, -0.2) is 4.79 Å². The number of hydrogen-bond donors (Lipinski definition) is 1. The molecule has 2 aromatic rings. The van der Waals surface area contributed by atoms with Crippen LogP contribution in [-0.4, -0.2) is 23.8 Å². The minimum Gasteiger partial charge on any atom is -0.465 e. The zero-order valence-electron chi connectivity index (χ0n) is 14.3. The van der Waals surface area contributed by atoms with Crippen molar-refractivity contribution in [2.75, 3.05) is 7.11 Å². The molecule has 1 heterocycles. The van der Waals surface area contributed by atoms with Crippen LogP contribution in [0.3, 0.4) is 0 Å². The minimum atomic E-state index is -0.517. The molecule has 25 heavy (non-hydrogen) atoms. The van der Waals surface area contributed by atoms with Crippen LogP contribution in [0, 0.1) is 25.2 Å². The van der Waals surface area contributed by atoms with Gasteiger partial charge in [-0.15, -0.1) is 0 Å². The van der Waals surface area contributed by atoms with Crippen LogP contribution in [0.1, 0.15) is 37.7 Å². The van der Waals surface area contributed by atoms with Crippen molar-refractivity contribution in [2.24, 2.45) is 0 Å². The Morgan fingerprint density at radius 1 is 1.20 bits per heavy atom. The van der Waals surface area contributed by atoms with Gasteiger partial charge < -0.3 is 9.72 Å². The third kappa shape index (κ3) is 3.93. The highest BCUT2D eigenvalue weighted by atomic mass is 16.5. The lowest BCUT2D eigenvalue weighted by Crippen LogP contribution is -2.06. The molecule has 0 aliphatic carbocycles. The van der Waals surface area contributed by atoms with Gasteiger partial charge in [0, 0.05) is 5.69 Å². The van der Waals surface area contributed by atoms with Crippen molar-refractivity contribution in [2.45, 2.75) is 13.8 Å². The van der Waals surface area contributed by atoms with E-state index in [1.807, 2.05) is 36.4 Å². The Bertz CT molecular complexity index is 897. The Hall–Kier alpha value is -3.39. The topological polar surface area (TPSA) is 83.0 Å². The summed E-state index contributed by atoms with van der Waals surface area (Å²) in [6, 6.07) is 11.5. The molecule has 0 spiro atoms. The van der Waals surface area contributed by atoms with E-state index in [1.54, 1.807) is 26.0 Å². The van der Waals surface area contributed by atoms with Gasteiger partial charge in [-0.2, -0.15) is 5.26 Å². The van der Waals surface area contributed by atoms with Gasteiger partial charge in [-0.1, -0.05) is 42.5 Å². The Morgan fingerprint density at radius 2 is 1.88 bits per heavy atom. The standard InChI is InChI=1S/C20H18N2O3/c1-13-17(20(24)25-3)14(2)22-18(13)19(23)16(12-21)11-7-10-15-8-5-4-6-9-15/h4-11,22H,1-3H3/b10-7+,16-11-. The first-order valence-corrected chi connectivity index (χ1v) is 7.65. The molecule has 0 aliphatic heterocycles. The number of benzene rings is 1. The molecule has 0 atom stereocenters. The van der Waals surface area contributed by atoms with Crippen molar-refractivity contribution >= 4 is 17.8 Å². The van der Waals surface area contributed by atoms with Gasteiger partial charge in [-0.3, -0.25) is 4.79 Å². The number of ether oxygens (including phenoxy) is 1. The molecule has 0 radical (unpaired) electrons. The molecule has 126 valence electrons. The first kappa shape index (κ1) is 18.0. The van der Waals surface area contributed by atoms with Crippen molar-refractivity contribution < 1.29 is 14.3 Å². The first-order chi connectivity index (χ1) is 12.0. The Morgan fingerprint density at radius 3 is 2.48 bits per heavy atom. The van der Waals surface area contributed by atoms with E-state index in [-0.39, 0.29) is 11.3 Å². The van der Waals surface area contributed by atoms with Gasteiger partial charge in [0.1, 0.15) is 11.6 Å². The molecule has 0 fully saturated rings. The highest BCUT2D eigenvalue weighted by molar-refractivity contribution is 6.12. The van der Waals surface area contributed by atoms with Gasteiger partial charge in [0.2, 0.25) is 5.78 Å². The summed E-state index contributed by atoms with van der Waals surface area (Å²) in [4.78, 5) is 27.3. The van der Waals surface area contributed by atoms with Crippen LogP contribution in [0.15, 0.2) is 48.1 Å². The molecule has 2 rings (SSSR count). The highest BCUT2D eigenvalue weighted by Crippen LogP contribution is 2.21. The fourth-order valence-corrected chi connectivity index (χ4v) is 2.50. The molecule has 5 nitrogen and oxygen atoms in total. The van der Waals surface area contributed by atoms with Crippen molar-refractivity contribution in [3.05, 3.63) is 76.1 Å². The lowest BCUT2D eigenvalue weighted by atomic mass is 10.0. The molecule has 1 aromatic heterocycles. The lowest BCUT2D eigenvalue weighted by molar-refractivity contribution is 0.0599. The number of H-pyrrole nitrogens is 1. The monoisotopic (exact) mass is 334 g/mol. The van der Waals surface area contributed by atoms with Crippen LogP contribution in [0.5, 0.6) is 0 Å². The number of carbonyl (C=O) groups is 2. The molecule has 0 unspecified atom stereocenters. The predicted octanol–water partition coefficient (Wildman–Crippen LogP) is 3.76. The van der Waals surface area contributed by atoms with Gasteiger partial charge in [0.25, 0.3) is 0 Å². The zero-order valence-corrected chi connectivity index (χ0v) is 14.3. The Labute approximate surface area is 146 Å². The average molecular weight is 334 g/mol. The summed E-state index contributed by atoms with van der Waals surface area (Å²) in [6.45, 7) is 3.33.